The summed E-state index contributed by atoms with van der Waals surface area (Å²) >= 11 is 0. The van der Waals surface area contributed by atoms with Crippen LogP contribution in [0.3, 0.4) is 0 Å². The fourth-order valence-corrected chi connectivity index (χ4v) is 3.68. The van der Waals surface area contributed by atoms with Crippen molar-refractivity contribution in [3.8, 4) is 0 Å². The van der Waals surface area contributed by atoms with Gasteiger partial charge in [0.05, 0.1) is 12.2 Å². The molecule has 2 fully saturated rings. The smallest absolute Gasteiger partial charge is 0.0753 e. The van der Waals surface area contributed by atoms with E-state index in [1.807, 2.05) is 0 Å². The molecular weight excluding hydrogens is 224 g/mol. The molecule has 0 aromatic rings. The topological polar surface area (TPSA) is 24.5 Å². The van der Waals surface area contributed by atoms with Crippen molar-refractivity contribution in [1.82, 2.24) is 10.2 Å². The Kier molecular flexibility index (Phi) is 4.68. The zero-order valence-corrected chi connectivity index (χ0v) is 12.5. The van der Waals surface area contributed by atoms with E-state index in [1.54, 1.807) is 0 Å². The Labute approximate surface area is 112 Å². The van der Waals surface area contributed by atoms with Crippen LogP contribution in [0.5, 0.6) is 0 Å². The zero-order chi connectivity index (χ0) is 13.2. The highest BCUT2D eigenvalue weighted by Gasteiger charge is 2.37. The van der Waals surface area contributed by atoms with Gasteiger partial charge in [-0.2, -0.15) is 0 Å². The van der Waals surface area contributed by atoms with Gasteiger partial charge in [-0.05, 0) is 46.1 Å². The zero-order valence-electron chi connectivity index (χ0n) is 12.5. The monoisotopic (exact) mass is 254 g/mol. The van der Waals surface area contributed by atoms with E-state index in [-0.39, 0.29) is 5.60 Å². The van der Waals surface area contributed by atoms with Gasteiger partial charge in [0, 0.05) is 25.2 Å². The summed E-state index contributed by atoms with van der Waals surface area (Å²) in [7, 11) is 2.12. The molecule has 2 rings (SSSR count). The van der Waals surface area contributed by atoms with Gasteiger partial charge in [-0.25, -0.2) is 0 Å². The molecule has 1 N–H and O–H groups in total. The van der Waals surface area contributed by atoms with Crippen LogP contribution in [0.25, 0.3) is 0 Å². The summed E-state index contributed by atoms with van der Waals surface area (Å²) in [5.41, 5.74) is 0.0235. The molecule has 0 aromatic carbocycles. The number of rotatable bonds is 3. The first kappa shape index (κ1) is 14.3. The van der Waals surface area contributed by atoms with Gasteiger partial charge >= 0.3 is 0 Å². The van der Waals surface area contributed by atoms with Crippen molar-refractivity contribution in [2.24, 2.45) is 5.92 Å². The predicted molar refractivity (Wildman–Crippen MR) is 75.9 cm³/mol. The van der Waals surface area contributed by atoms with E-state index in [0.717, 1.165) is 25.6 Å². The van der Waals surface area contributed by atoms with Crippen molar-refractivity contribution in [1.29, 1.82) is 0 Å². The molecule has 1 aliphatic heterocycles. The summed E-state index contributed by atoms with van der Waals surface area (Å²) < 4.78 is 5.85. The minimum Gasteiger partial charge on any atom is -0.373 e. The average Bonchev–Trinajstić information content (AvgIpc) is 2.36. The molecule has 3 atom stereocenters. The Hall–Kier alpha value is -0.120. The number of ether oxygens (including phenoxy) is 1. The molecule has 1 aliphatic carbocycles. The van der Waals surface area contributed by atoms with E-state index in [2.05, 4.69) is 38.0 Å². The number of likely N-dealkylation sites (N-methyl/N-ethyl adjacent to an activating group) is 1. The van der Waals surface area contributed by atoms with Gasteiger partial charge in [0.1, 0.15) is 0 Å². The van der Waals surface area contributed by atoms with Crippen LogP contribution in [0.4, 0.5) is 0 Å². The fraction of sp³-hybridized carbons (Fsp3) is 1.00. The first-order chi connectivity index (χ1) is 8.55. The van der Waals surface area contributed by atoms with Gasteiger partial charge in [-0.15, -0.1) is 0 Å². The summed E-state index contributed by atoms with van der Waals surface area (Å²) in [4.78, 5) is 2.67. The molecule has 1 saturated heterocycles. The first-order valence-electron chi connectivity index (χ1n) is 7.61. The lowest BCUT2D eigenvalue weighted by Crippen LogP contribution is -2.59. The quantitative estimate of drug-likeness (QED) is 0.836. The normalized spacial score (nSPS) is 37.7. The summed E-state index contributed by atoms with van der Waals surface area (Å²) in [6.45, 7) is 9.83. The lowest BCUT2D eigenvalue weighted by Gasteiger charge is -2.47. The molecule has 1 heterocycles. The maximum atomic E-state index is 5.85. The Morgan fingerprint density at radius 1 is 1.33 bits per heavy atom. The van der Waals surface area contributed by atoms with E-state index in [4.69, 9.17) is 4.74 Å². The molecule has 0 aromatic heterocycles. The molecule has 106 valence electrons. The van der Waals surface area contributed by atoms with Crippen LogP contribution in [0, 0.1) is 5.92 Å². The van der Waals surface area contributed by atoms with Gasteiger partial charge in [0.15, 0.2) is 0 Å². The van der Waals surface area contributed by atoms with Gasteiger partial charge < -0.3 is 10.1 Å². The Morgan fingerprint density at radius 2 is 2.11 bits per heavy atom. The predicted octanol–water partition coefficient (Wildman–Crippen LogP) is 2.26. The maximum Gasteiger partial charge on any atom is 0.0753 e. The van der Waals surface area contributed by atoms with E-state index >= 15 is 0 Å². The summed E-state index contributed by atoms with van der Waals surface area (Å²) in [6.07, 6.45) is 5.42. The van der Waals surface area contributed by atoms with Crippen LogP contribution in [-0.4, -0.2) is 49.3 Å². The van der Waals surface area contributed by atoms with Crippen molar-refractivity contribution >= 4 is 0 Å². The van der Waals surface area contributed by atoms with Gasteiger partial charge in [-0.1, -0.05) is 13.3 Å². The third-order valence-electron chi connectivity index (χ3n) is 4.80. The van der Waals surface area contributed by atoms with Crippen LogP contribution in [0.15, 0.2) is 0 Å². The number of nitrogens with one attached hydrogen (secondary N) is 1. The van der Waals surface area contributed by atoms with Crippen LogP contribution in [-0.2, 0) is 4.74 Å². The molecule has 3 unspecified atom stereocenters. The molecular formula is C15H30N2O. The van der Waals surface area contributed by atoms with Gasteiger partial charge in [0.2, 0.25) is 0 Å². The molecule has 0 radical (unpaired) electrons. The lowest BCUT2D eigenvalue weighted by molar-refractivity contribution is -0.105. The summed E-state index contributed by atoms with van der Waals surface area (Å²) in [5, 5.41) is 3.54. The molecule has 18 heavy (non-hydrogen) atoms. The molecule has 0 amide bonds. The van der Waals surface area contributed by atoms with E-state index in [0.29, 0.717) is 12.1 Å². The van der Waals surface area contributed by atoms with E-state index in [9.17, 15) is 0 Å². The summed E-state index contributed by atoms with van der Waals surface area (Å²) in [6, 6.07) is 1.37. The van der Waals surface area contributed by atoms with Crippen molar-refractivity contribution in [3.05, 3.63) is 0 Å². The Balaban J connectivity index is 2.03. The number of hydrogen-bond donors (Lipinski definition) is 1. The van der Waals surface area contributed by atoms with Gasteiger partial charge in [-0.3, -0.25) is 4.90 Å². The number of nitrogens with zero attached hydrogens (tertiary/aromatic N) is 1. The Morgan fingerprint density at radius 3 is 2.72 bits per heavy atom. The van der Waals surface area contributed by atoms with Crippen LogP contribution >= 0.6 is 0 Å². The highest BCUT2D eigenvalue weighted by molar-refractivity contribution is 4.93. The standard InChI is InChI=1S/C15H30N2O/c1-5-12-6-7-13(16-4)14(10-12)17-8-9-18-15(2,3)11-17/h12-14,16H,5-11H2,1-4H3. The third-order valence-corrected chi connectivity index (χ3v) is 4.80. The van der Waals surface area contributed by atoms with E-state index in [1.165, 1.54) is 25.7 Å². The third kappa shape index (κ3) is 3.25. The minimum atomic E-state index is 0.0235. The highest BCUT2D eigenvalue weighted by atomic mass is 16.5. The maximum absolute atomic E-state index is 5.85. The second kappa shape index (κ2) is 5.89. The second-order valence-corrected chi connectivity index (χ2v) is 6.63. The van der Waals surface area contributed by atoms with E-state index < -0.39 is 0 Å². The van der Waals surface area contributed by atoms with Crippen molar-refractivity contribution < 1.29 is 4.74 Å². The van der Waals surface area contributed by atoms with Crippen molar-refractivity contribution in [3.63, 3.8) is 0 Å². The number of morpholine rings is 1. The first-order valence-corrected chi connectivity index (χ1v) is 7.61. The average molecular weight is 254 g/mol. The molecule has 1 saturated carbocycles. The van der Waals surface area contributed by atoms with Crippen molar-refractivity contribution in [2.45, 2.75) is 64.1 Å². The minimum absolute atomic E-state index is 0.0235. The molecule has 3 nitrogen and oxygen atoms in total. The van der Waals surface area contributed by atoms with Crippen LogP contribution < -0.4 is 5.32 Å². The largest absolute Gasteiger partial charge is 0.373 e. The fourth-order valence-electron chi connectivity index (χ4n) is 3.68. The molecule has 2 aliphatic rings. The molecule has 0 spiro atoms. The molecule has 3 heteroatoms. The molecule has 0 bridgehead atoms. The second-order valence-electron chi connectivity index (χ2n) is 6.63. The van der Waals surface area contributed by atoms with Crippen LogP contribution in [0.1, 0.15) is 46.5 Å². The Bertz CT molecular complexity index is 267. The summed E-state index contributed by atoms with van der Waals surface area (Å²) in [5.74, 6) is 0.922. The lowest BCUT2D eigenvalue weighted by atomic mass is 9.80. The van der Waals surface area contributed by atoms with Crippen LogP contribution in [0.2, 0.25) is 0 Å². The van der Waals surface area contributed by atoms with Gasteiger partial charge in [0.25, 0.3) is 0 Å². The highest BCUT2D eigenvalue weighted by Crippen LogP contribution is 2.32. The number of hydrogen-bond acceptors (Lipinski definition) is 3. The van der Waals surface area contributed by atoms with Crippen molar-refractivity contribution in [2.75, 3.05) is 26.7 Å². The SMILES string of the molecule is CCC1CCC(NC)C(N2CCOC(C)(C)C2)C1.